The Kier molecular flexibility index (Phi) is 3.56. The Bertz CT molecular complexity index is 955. The van der Waals surface area contributed by atoms with E-state index in [2.05, 4.69) is 18.9 Å². The number of benzene rings is 1. The Hall–Kier alpha value is -3.09. The van der Waals surface area contributed by atoms with Crippen molar-refractivity contribution < 1.29 is 14.6 Å². The number of aromatic nitrogens is 4. The number of hydrogen-bond donors (Lipinski definition) is 1. The van der Waals surface area contributed by atoms with Crippen LogP contribution in [0.2, 0.25) is 0 Å². The summed E-state index contributed by atoms with van der Waals surface area (Å²) in [5.41, 5.74) is 2.80. The molecule has 3 aromatic rings. The molecular weight excluding hydrogens is 320 g/mol. The Labute approximate surface area is 144 Å². The first-order valence-corrected chi connectivity index (χ1v) is 8.16. The van der Waals surface area contributed by atoms with Gasteiger partial charge in [0.2, 0.25) is 0 Å². The van der Waals surface area contributed by atoms with Crippen LogP contribution in [-0.2, 0) is 6.54 Å². The molecule has 0 atom stereocenters. The van der Waals surface area contributed by atoms with Gasteiger partial charge in [0, 0.05) is 18.4 Å². The summed E-state index contributed by atoms with van der Waals surface area (Å²) in [5.74, 6) is 0.352. The van der Waals surface area contributed by atoms with E-state index in [0.29, 0.717) is 18.9 Å². The van der Waals surface area contributed by atoms with Crippen molar-refractivity contribution in [2.75, 3.05) is 6.61 Å². The van der Waals surface area contributed by atoms with Crippen molar-refractivity contribution in [3.8, 4) is 28.5 Å². The lowest BCUT2D eigenvalue weighted by Crippen LogP contribution is -2.05. The lowest BCUT2D eigenvalue weighted by Gasteiger charge is -2.09. The normalized spacial score (nSPS) is 13.1. The molecule has 0 radical (unpaired) electrons. The first kappa shape index (κ1) is 15.4. The number of rotatable bonds is 3. The Balaban J connectivity index is 1.83. The minimum absolute atomic E-state index is 0.205. The van der Waals surface area contributed by atoms with Gasteiger partial charge >= 0.3 is 5.97 Å². The van der Waals surface area contributed by atoms with Crippen LogP contribution in [0.3, 0.4) is 0 Å². The fourth-order valence-electron chi connectivity index (χ4n) is 3.07. The van der Waals surface area contributed by atoms with Crippen molar-refractivity contribution in [3.63, 3.8) is 0 Å². The second-order valence-electron chi connectivity index (χ2n) is 6.26. The molecule has 7 nitrogen and oxygen atoms in total. The number of aromatic carboxylic acids is 1. The minimum atomic E-state index is -0.972. The van der Waals surface area contributed by atoms with Crippen molar-refractivity contribution in [2.45, 2.75) is 26.4 Å². The van der Waals surface area contributed by atoms with Gasteiger partial charge in [-0.1, -0.05) is 0 Å². The number of hydrogen-bond acceptors (Lipinski definition) is 4. The third-order valence-electron chi connectivity index (χ3n) is 4.26. The van der Waals surface area contributed by atoms with Crippen molar-refractivity contribution in [1.82, 2.24) is 19.3 Å². The topological polar surface area (TPSA) is 82.2 Å². The standard InChI is InChI=1S/C18H18N4O3/c1-11(2)22-15(5-6-19-22)14-10-21-7-8-25-16-9-12(18(23)24)3-4-13(16)17(21)20-14/h3-6,9-11H,7-8H2,1-2H3,(H,23,24). The summed E-state index contributed by atoms with van der Waals surface area (Å²) in [4.78, 5) is 16.0. The molecule has 0 aliphatic carbocycles. The molecule has 1 aliphatic heterocycles. The van der Waals surface area contributed by atoms with Gasteiger partial charge in [-0.05, 0) is 38.1 Å². The number of imidazole rings is 1. The zero-order valence-electron chi connectivity index (χ0n) is 14.0. The summed E-state index contributed by atoms with van der Waals surface area (Å²) in [6.07, 6.45) is 3.77. The van der Waals surface area contributed by atoms with Gasteiger partial charge in [-0.2, -0.15) is 5.10 Å². The van der Waals surface area contributed by atoms with E-state index in [-0.39, 0.29) is 11.6 Å². The molecule has 0 amide bonds. The van der Waals surface area contributed by atoms with E-state index in [0.717, 1.165) is 22.8 Å². The van der Waals surface area contributed by atoms with Crippen LogP contribution in [0.5, 0.6) is 5.75 Å². The average Bonchev–Trinajstić information content (AvgIpc) is 3.18. The van der Waals surface area contributed by atoms with Gasteiger partial charge in [-0.25, -0.2) is 9.78 Å². The highest BCUT2D eigenvalue weighted by Crippen LogP contribution is 2.34. The summed E-state index contributed by atoms with van der Waals surface area (Å²) in [6.45, 7) is 5.26. The van der Waals surface area contributed by atoms with E-state index in [1.165, 1.54) is 0 Å². The molecule has 0 fully saturated rings. The molecule has 4 rings (SSSR count). The molecule has 25 heavy (non-hydrogen) atoms. The maximum absolute atomic E-state index is 11.2. The second kappa shape index (κ2) is 5.77. The van der Waals surface area contributed by atoms with Crippen molar-refractivity contribution in [1.29, 1.82) is 0 Å². The molecular formula is C18H18N4O3. The molecule has 0 unspecified atom stereocenters. The quantitative estimate of drug-likeness (QED) is 0.793. The summed E-state index contributed by atoms with van der Waals surface area (Å²) in [6, 6.07) is 7.08. The van der Waals surface area contributed by atoms with Crippen molar-refractivity contribution >= 4 is 5.97 Å². The van der Waals surface area contributed by atoms with Gasteiger partial charge in [0.05, 0.1) is 23.4 Å². The molecule has 1 aliphatic rings. The predicted octanol–water partition coefficient (Wildman–Crippen LogP) is 3.09. The Morgan fingerprint density at radius 1 is 1.32 bits per heavy atom. The zero-order valence-corrected chi connectivity index (χ0v) is 14.0. The molecule has 1 N–H and O–H groups in total. The van der Waals surface area contributed by atoms with Crippen molar-refractivity contribution in [2.24, 2.45) is 0 Å². The molecule has 7 heteroatoms. The highest BCUT2D eigenvalue weighted by molar-refractivity contribution is 5.89. The minimum Gasteiger partial charge on any atom is -0.491 e. The van der Waals surface area contributed by atoms with Gasteiger partial charge in [0.25, 0.3) is 0 Å². The maximum Gasteiger partial charge on any atom is 0.335 e. The molecule has 2 aromatic heterocycles. The van der Waals surface area contributed by atoms with Gasteiger partial charge in [-0.15, -0.1) is 0 Å². The van der Waals surface area contributed by atoms with Crippen molar-refractivity contribution in [3.05, 3.63) is 42.2 Å². The number of fused-ring (bicyclic) bond motifs is 3. The van der Waals surface area contributed by atoms with Gasteiger partial charge in [0.1, 0.15) is 23.9 Å². The average molecular weight is 338 g/mol. The SMILES string of the molecule is CC(C)n1nccc1-c1cn2c(n1)-c1ccc(C(=O)O)cc1OCC2. The summed E-state index contributed by atoms with van der Waals surface area (Å²) in [7, 11) is 0. The van der Waals surface area contributed by atoms with Crippen LogP contribution in [0.25, 0.3) is 22.8 Å². The number of carboxylic acids is 1. The summed E-state index contributed by atoms with van der Waals surface area (Å²) >= 11 is 0. The van der Waals surface area contributed by atoms with Gasteiger partial charge < -0.3 is 14.4 Å². The first-order chi connectivity index (χ1) is 12.0. The maximum atomic E-state index is 11.2. The third kappa shape index (κ3) is 2.57. The zero-order chi connectivity index (χ0) is 17.6. The number of nitrogens with zero attached hydrogens (tertiary/aromatic N) is 4. The van der Waals surface area contributed by atoms with E-state index in [9.17, 15) is 9.90 Å². The fraction of sp³-hybridized carbons (Fsp3) is 0.278. The Morgan fingerprint density at radius 3 is 2.92 bits per heavy atom. The molecule has 128 valence electrons. The van der Waals surface area contributed by atoms with Crippen LogP contribution in [0, 0.1) is 0 Å². The molecule has 0 saturated carbocycles. The van der Waals surface area contributed by atoms with Crippen LogP contribution >= 0.6 is 0 Å². The second-order valence-corrected chi connectivity index (χ2v) is 6.26. The van der Waals surface area contributed by atoms with Crippen LogP contribution in [0.4, 0.5) is 0 Å². The number of ether oxygens (including phenoxy) is 1. The van der Waals surface area contributed by atoms with E-state index in [1.54, 1.807) is 24.4 Å². The lowest BCUT2D eigenvalue weighted by atomic mass is 10.1. The van der Waals surface area contributed by atoms with Crippen LogP contribution in [0.1, 0.15) is 30.2 Å². The van der Waals surface area contributed by atoms with Gasteiger partial charge in [-0.3, -0.25) is 4.68 Å². The highest BCUT2D eigenvalue weighted by atomic mass is 16.5. The Morgan fingerprint density at radius 2 is 2.16 bits per heavy atom. The molecule has 0 saturated heterocycles. The molecule has 1 aromatic carbocycles. The lowest BCUT2D eigenvalue weighted by molar-refractivity contribution is 0.0696. The third-order valence-corrected chi connectivity index (χ3v) is 4.26. The van der Waals surface area contributed by atoms with Crippen LogP contribution in [-0.4, -0.2) is 37.0 Å². The van der Waals surface area contributed by atoms with Crippen LogP contribution < -0.4 is 4.74 Å². The number of carboxylic acid groups (broad SMARTS) is 1. The smallest absolute Gasteiger partial charge is 0.335 e. The van der Waals surface area contributed by atoms with Crippen LogP contribution in [0.15, 0.2) is 36.7 Å². The van der Waals surface area contributed by atoms with Gasteiger partial charge in [0.15, 0.2) is 0 Å². The predicted molar refractivity (Wildman–Crippen MR) is 91.7 cm³/mol. The van der Waals surface area contributed by atoms with E-state index < -0.39 is 5.97 Å². The summed E-state index contributed by atoms with van der Waals surface area (Å²) < 4.78 is 9.71. The molecule has 3 heterocycles. The van der Waals surface area contributed by atoms with E-state index in [4.69, 9.17) is 9.72 Å². The van der Waals surface area contributed by atoms with E-state index in [1.807, 2.05) is 21.5 Å². The molecule has 0 spiro atoms. The monoisotopic (exact) mass is 338 g/mol. The highest BCUT2D eigenvalue weighted by Gasteiger charge is 2.21. The first-order valence-electron chi connectivity index (χ1n) is 8.16. The number of carbonyl (C=O) groups is 1. The largest absolute Gasteiger partial charge is 0.491 e. The fourth-order valence-corrected chi connectivity index (χ4v) is 3.07. The summed E-state index contributed by atoms with van der Waals surface area (Å²) in [5, 5.41) is 13.5. The molecule has 0 bridgehead atoms. The van der Waals surface area contributed by atoms with E-state index >= 15 is 0 Å².